The molecule has 1 aliphatic heterocycles. The molecule has 0 saturated carbocycles. The van der Waals surface area contributed by atoms with Gasteiger partial charge in [-0.05, 0) is 36.7 Å². The molecule has 1 amide bonds. The molecule has 1 fully saturated rings. The number of amides is 1. The normalized spacial score (nSPS) is 16.7. The van der Waals surface area contributed by atoms with E-state index >= 15 is 0 Å². The summed E-state index contributed by atoms with van der Waals surface area (Å²) < 4.78 is 6.09. The van der Waals surface area contributed by atoms with Crippen molar-refractivity contribution in [2.24, 2.45) is 5.73 Å². The van der Waals surface area contributed by atoms with Gasteiger partial charge in [-0.1, -0.05) is 11.3 Å². The van der Waals surface area contributed by atoms with Gasteiger partial charge in [-0.15, -0.1) is 10.2 Å². The van der Waals surface area contributed by atoms with Gasteiger partial charge in [0.15, 0.2) is 4.34 Å². The van der Waals surface area contributed by atoms with Gasteiger partial charge >= 0.3 is 0 Å². The molecule has 132 valence electrons. The van der Waals surface area contributed by atoms with E-state index in [1.54, 1.807) is 0 Å². The summed E-state index contributed by atoms with van der Waals surface area (Å²) in [6.07, 6.45) is 2.27. The van der Waals surface area contributed by atoms with Crippen LogP contribution in [0.15, 0.2) is 27.4 Å². The highest BCUT2D eigenvalue weighted by Crippen LogP contribution is 2.37. The van der Waals surface area contributed by atoms with Crippen LogP contribution in [0.4, 0.5) is 10.8 Å². The number of ether oxygens (including phenoxy) is 1. The van der Waals surface area contributed by atoms with Crippen molar-refractivity contribution in [3.8, 4) is 0 Å². The van der Waals surface area contributed by atoms with E-state index in [4.69, 9.17) is 10.5 Å². The van der Waals surface area contributed by atoms with Crippen LogP contribution in [0.5, 0.6) is 0 Å². The SMILES string of the molecule is NC(=O)c1ccc(Sc2nnc(NCC3CCCO3)s2)c([N+](=O)[O-])c1. The average Bonchev–Trinajstić information content (AvgIpc) is 3.24. The van der Waals surface area contributed by atoms with Crippen LogP contribution in [0.1, 0.15) is 23.2 Å². The summed E-state index contributed by atoms with van der Waals surface area (Å²) in [6, 6.07) is 4.11. The van der Waals surface area contributed by atoms with Crippen molar-refractivity contribution >= 4 is 39.8 Å². The maximum absolute atomic E-state index is 11.2. The lowest BCUT2D eigenvalue weighted by molar-refractivity contribution is -0.387. The minimum absolute atomic E-state index is 0.0900. The molecule has 11 heteroatoms. The Kier molecular flexibility index (Phi) is 5.46. The first-order chi connectivity index (χ1) is 12.0. The number of aromatic nitrogens is 2. The van der Waals surface area contributed by atoms with Crippen molar-refractivity contribution in [2.75, 3.05) is 18.5 Å². The molecule has 1 aromatic carbocycles. The maximum atomic E-state index is 11.2. The van der Waals surface area contributed by atoms with Gasteiger partial charge < -0.3 is 15.8 Å². The molecule has 2 aromatic rings. The molecule has 0 radical (unpaired) electrons. The second-order valence-electron chi connectivity index (χ2n) is 5.29. The zero-order valence-electron chi connectivity index (χ0n) is 13.0. The predicted octanol–water partition coefficient (Wildman–Crippen LogP) is 2.29. The average molecular weight is 381 g/mol. The predicted molar refractivity (Wildman–Crippen MR) is 93.1 cm³/mol. The van der Waals surface area contributed by atoms with E-state index in [9.17, 15) is 14.9 Å². The maximum Gasteiger partial charge on any atom is 0.284 e. The number of nitrogens with one attached hydrogen (secondary N) is 1. The summed E-state index contributed by atoms with van der Waals surface area (Å²) in [4.78, 5) is 22.2. The molecular formula is C14H15N5O4S2. The molecule has 0 spiro atoms. The number of carbonyl (C=O) groups is 1. The van der Waals surface area contributed by atoms with E-state index in [1.807, 2.05) is 0 Å². The van der Waals surface area contributed by atoms with Gasteiger partial charge in [-0.25, -0.2) is 0 Å². The number of nitrogens with zero attached hydrogens (tertiary/aromatic N) is 3. The van der Waals surface area contributed by atoms with Gasteiger partial charge in [-0.3, -0.25) is 14.9 Å². The highest BCUT2D eigenvalue weighted by Gasteiger charge is 2.20. The Hall–Kier alpha value is -2.24. The number of nitro benzene ring substituents is 1. The topological polar surface area (TPSA) is 133 Å². The van der Waals surface area contributed by atoms with Gasteiger partial charge in [0.25, 0.3) is 5.69 Å². The summed E-state index contributed by atoms with van der Waals surface area (Å²) in [6.45, 7) is 1.45. The Morgan fingerprint density at radius 3 is 3.04 bits per heavy atom. The molecular weight excluding hydrogens is 366 g/mol. The number of anilines is 1. The Labute approximate surface area is 151 Å². The van der Waals surface area contributed by atoms with Crippen molar-refractivity contribution < 1.29 is 14.5 Å². The van der Waals surface area contributed by atoms with Crippen molar-refractivity contribution in [2.45, 2.75) is 28.2 Å². The molecule has 0 bridgehead atoms. The van der Waals surface area contributed by atoms with Crippen LogP contribution in [-0.4, -0.2) is 40.3 Å². The largest absolute Gasteiger partial charge is 0.376 e. The van der Waals surface area contributed by atoms with Crippen molar-refractivity contribution in [3.05, 3.63) is 33.9 Å². The summed E-state index contributed by atoms with van der Waals surface area (Å²) in [7, 11) is 0. The van der Waals surface area contributed by atoms with Crippen molar-refractivity contribution in [3.63, 3.8) is 0 Å². The molecule has 1 saturated heterocycles. The van der Waals surface area contributed by atoms with Crippen LogP contribution in [0.2, 0.25) is 0 Å². The third-order valence-electron chi connectivity index (χ3n) is 3.55. The Balaban J connectivity index is 1.69. The van der Waals surface area contributed by atoms with Gasteiger partial charge in [-0.2, -0.15) is 0 Å². The number of nitro groups is 1. The molecule has 1 unspecified atom stereocenters. The summed E-state index contributed by atoms with van der Waals surface area (Å²) in [5, 5.41) is 23.1. The molecule has 9 nitrogen and oxygen atoms in total. The molecule has 25 heavy (non-hydrogen) atoms. The Bertz CT molecular complexity index is 791. The highest BCUT2D eigenvalue weighted by atomic mass is 32.2. The molecule has 3 N–H and O–H groups in total. The van der Waals surface area contributed by atoms with E-state index in [0.717, 1.165) is 31.2 Å². The second kappa shape index (κ2) is 7.76. The first-order valence-electron chi connectivity index (χ1n) is 7.48. The summed E-state index contributed by atoms with van der Waals surface area (Å²) in [5.74, 6) is -0.712. The van der Waals surface area contributed by atoms with Gasteiger partial charge in [0, 0.05) is 24.8 Å². The smallest absolute Gasteiger partial charge is 0.284 e. The first kappa shape index (κ1) is 17.6. The fourth-order valence-corrected chi connectivity index (χ4v) is 4.12. The lowest BCUT2D eigenvalue weighted by Gasteiger charge is -2.08. The lowest BCUT2D eigenvalue weighted by Crippen LogP contribution is -2.18. The Morgan fingerprint density at radius 1 is 1.52 bits per heavy atom. The van der Waals surface area contributed by atoms with E-state index in [0.29, 0.717) is 20.9 Å². The highest BCUT2D eigenvalue weighted by molar-refractivity contribution is 8.01. The number of rotatable bonds is 7. The van der Waals surface area contributed by atoms with Gasteiger partial charge in [0.2, 0.25) is 11.0 Å². The van der Waals surface area contributed by atoms with Gasteiger partial charge in [0.05, 0.1) is 15.9 Å². The fraction of sp³-hybridized carbons (Fsp3) is 0.357. The van der Waals surface area contributed by atoms with E-state index in [1.165, 1.54) is 29.5 Å². The zero-order chi connectivity index (χ0) is 17.8. The molecule has 2 heterocycles. The molecule has 3 rings (SSSR count). The van der Waals surface area contributed by atoms with E-state index < -0.39 is 10.8 Å². The van der Waals surface area contributed by atoms with Crippen LogP contribution in [-0.2, 0) is 4.74 Å². The molecule has 1 aliphatic rings. The number of hydrogen-bond acceptors (Lipinski definition) is 9. The monoisotopic (exact) mass is 381 g/mol. The Morgan fingerprint density at radius 2 is 2.36 bits per heavy atom. The van der Waals surface area contributed by atoms with E-state index in [2.05, 4.69) is 15.5 Å². The second-order valence-corrected chi connectivity index (χ2v) is 7.56. The quantitative estimate of drug-likeness (QED) is 0.551. The van der Waals surface area contributed by atoms with E-state index in [-0.39, 0.29) is 17.4 Å². The summed E-state index contributed by atoms with van der Waals surface area (Å²) in [5.41, 5.74) is 5.07. The zero-order valence-corrected chi connectivity index (χ0v) is 14.6. The third kappa shape index (κ3) is 4.44. The standard InChI is InChI=1S/C14H15N5O4S2/c15-12(20)8-3-4-11(10(6-8)19(21)22)24-14-18-17-13(25-14)16-7-9-2-1-5-23-9/h3-4,6,9H,1-2,5,7H2,(H2,15,20)(H,16,17). The van der Waals surface area contributed by atoms with Crippen LogP contribution in [0.25, 0.3) is 0 Å². The van der Waals surface area contributed by atoms with Crippen molar-refractivity contribution in [1.29, 1.82) is 0 Å². The molecule has 1 atom stereocenters. The van der Waals surface area contributed by atoms with Crippen LogP contribution in [0.3, 0.4) is 0 Å². The fourth-order valence-electron chi connectivity index (χ4n) is 2.32. The molecule has 1 aromatic heterocycles. The minimum Gasteiger partial charge on any atom is -0.376 e. The molecule has 0 aliphatic carbocycles. The number of nitrogens with two attached hydrogens (primary N) is 1. The van der Waals surface area contributed by atoms with Crippen LogP contribution in [0, 0.1) is 10.1 Å². The lowest BCUT2D eigenvalue weighted by atomic mass is 10.2. The number of hydrogen-bond donors (Lipinski definition) is 2. The first-order valence-corrected chi connectivity index (χ1v) is 9.11. The minimum atomic E-state index is -0.712. The van der Waals surface area contributed by atoms with Crippen molar-refractivity contribution in [1.82, 2.24) is 10.2 Å². The number of primary amides is 1. The number of carbonyl (C=O) groups excluding carboxylic acids is 1. The number of benzene rings is 1. The van der Waals surface area contributed by atoms with Gasteiger partial charge in [0.1, 0.15) is 0 Å². The van der Waals surface area contributed by atoms with Crippen LogP contribution >= 0.6 is 23.1 Å². The van der Waals surface area contributed by atoms with Crippen LogP contribution < -0.4 is 11.1 Å². The third-order valence-corrected chi connectivity index (χ3v) is 5.55. The summed E-state index contributed by atoms with van der Waals surface area (Å²) >= 11 is 2.42.